The summed E-state index contributed by atoms with van der Waals surface area (Å²) in [4.78, 5) is 18.1. The lowest BCUT2D eigenvalue weighted by molar-refractivity contribution is -0.131. The van der Waals surface area contributed by atoms with Crippen molar-refractivity contribution in [1.82, 2.24) is 9.88 Å². The molecule has 3 aromatic rings. The Morgan fingerprint density at radius 2 is 1.93 bits per heavy atom. The zero-order valence-electron chi connectivity index (χ0n) is 15.7. The summed E-state index contributed by atoms with van der Waals surface area (Å²) in [6.45, 7) is 1.50. The molecule has 0 bridgehead atoms. The molecule has 1 aliphatic carbocycles. The third-order valence-corrected chi connectivity index (χ3v) is 6.39. The number of amides is 1. The number of benzene rings is 2. The van der Waals surface area contributed by atoms with E-state index in [1.54, 1.807) is 0 Å². The predicted molar refractivity (Wildman–Crippen MR) is 114 cm³/mol. The SMILES string of the molecule is O=C(CC1Cc2ccccc2C1)N1CC=C(c2c[nH]c3cc(Cl)ccc23)CC1. The van der Waals surface area contributed by atoms with Gasteiger partial charge in [0.1, 0.15) is 0 Å². The molecule has 3 nitrogen and oxygen atoms in total. The summed E-state index contributed by atoms with van der Waals surface area (Å²) in [6.07, 6.45) is 7.89. The maximum atomic E-state index is 12.8. The van der Waals surface area contributed by atoms with Crippen molar-refractivity contribution in [1.29, 1.82) is 0 Å². The molecule has 4 heteroatoms. The van der Waals surface area contributed by atoms with Gasteiger partial charge in [-0.25, -0.2) is 0 Å². The van der Waals surface area contributed by atoms with Gasteiger partial charge in [-0.05, 0) is 54.0 Å². The second-order valence-corrected chi connectivity index (χ2v) is 8.39. The van der Waals surface area contributed by atoms with Crippen molar-refractivity contribution in [3.8, 4) is 0 Å². The number of H-pyrrole nitrogens is 1. The van der Waals surface area contributed by atoms with Crippen LogP contribution in [0.1, 0.15) is 29.5 Å². The Hall–Kier alpha value is -2.52. The van der Waals surface area contributed by atoms with Crippen molar-refractivity contribution in [3.05, 3.63) is 76.5 Å². The number of hydrogen-bond acceptors (Lipinski definition) is 1. The van der Waals surface area contributed by atoms with Gasteiger partial charge in [0, 0.05) is 47.2 Å². The quantitative estimate of drug-likeness (QED) is 0.652. The average molecular weight is 391 g/mol. The van der Waals surface area contributed by atoms with Crippen molar-refractivity contribution >= 4 is 34.0 Å². The van der Waals surface area contributed by atoms with Crippen molar-refractivity contribution in [2.75, 3.05) is 13.1 Å². The van der Waals surface area contributed by atoms with E-state index in [9.17, 15) is 4.79 Å². The van der Waals surface area contributed by atoms with E-state index in [2.05, 4.69) is 47.6 Å². The first-order valence-corrected chi connectivity index (χ1v) is 10.4. The standard InChI is InChI=1S/C24H23ClN2O/c25-20-5-6-21-22(15-26-23(21)14-20)17-7-9-27(10-8-17)24(28)13-16-11-18-3-1-2-4-19(18)12-16/h1-7,14-16,26H,8-13H2. The van der Waals surface area contributed by atoms with E-state index in [4.69, 9.17) is 11.6 Å². The summed E-state index contributed by atoms with van der Waals surface area (Å²) in [5, 5.41) is 1.93. The van der Waals surface area contributed by atoms with Crippen LogP contribution in [0.3, 0.4) is 0 Å². The number of nitrogens with zero attached hydrogens (tertiary/aromatic N) is 1. The van der Waals surface area contributed by atoms with Gasteiger partial charge >= 0.3 is 0 Å². The van der Waals surface area contributed by atoms with E-state index < -0.39 is 0 Å². The van der Waals surface area contributed by atoms with Crippen LogP contribution in [0.4, 0.5) is 0 Å². The Morgan fingerprint density at radius 1 is 1.14 bits per heavy atom. The van der Waals surface area contributed by atoms with Crippen LogP contribution in [0, 0.1) is 5.92 Å². The molecule has 0 fully saturated rings. The molecule has 5 rings (SSSR count). The number of nitrogens with one attached hydrogen (secondary N) is 1. The Labute approximate surface area is 170 Å². The molecule has 1 aliphatic heterocycles. The van der Waals surface area contributed by atoms with Crippen LogP contribution in [0.25, 0.3) is 16.5 Å². The Morgan fingerprint density at radius 3 is 2.64 bits per heavy atom. The Bertz CT molecular complexity index is 1060. The third kappa shape index (κ3) is 3.24. The lowest BCUT2D eigenvalue weighted by Crippen LogP contribution is -2.35. The first-order valence-electron chi connectivity index (χ1n) is 9.98. The predicted octanol–water partition coefficient (Wildman–Crippen LogP) is 5.24. The minimum atomic E-state index is 0.291. The van der Waals surface area contributed by atoms with Crippen molar-refractivity contribution in [2.24, 2.45) is 5.92 Å². The van der Waals surface area contributed by atoms with Gasteiger partial charge in [-0.2, -0.15) is 0 Å². The van der Waals surface area contributed by atoms with Gasteiger partial charge < -0.3 is 9.88 Å². The van der Waals surface area contributed by atoms with Crippen LogP contribution < -0.4 is 0 Å². The number of rotatable bonds is 3. The number of halogens is 1. The molecule has 0 saturated carbocycles. The summed E-state index contributed by atoms with van der Waals surface area (Å²) in [5.74, 6) is 0.743. The first-order chi connectivity index (χ1) is 13.7. The number of carbonyl (C=O) groups is 1. The molecule has 0 saturated heterocycles. The molecule has 1 aromatic heterocycles. The van der Waals surface area contributed by atoms with Crippen molar-refractivity contribution in [2.45, 2.75) is 25.7 Å². The Kier molecular flexibility index (Phi) is 4.48. The second kappa shape index (κ2) is 7.14. The lowest BCUT2D eigenvalue weighted by atomic mass is 9.97. The van der Waals surface area contributed by atoms with Gasteiger partial charge in [0.2, 0.25) is 5.91 Å². The molecular formula is C24H23ClN2O. The molecule has 2 aliphatic rings. The molecule has 1 amide bonds. The van der Waals surface area contributed by atoms with Crippen LogP contribution >= 0.6 is 11.6 Å². The van der Waals surface area contributed by atoms with Crippen LogP contribution in [0.2, 0.25) is 5.02 Å². The monoisotopic (exact) mass is 390 g/mol. The topological polar surface area (TPSA) is 36.1 Å². The summed E-state index contributed by atoms with van der Waals surface area (Å²) in [5.41, 5.74) is 6.43. The fourth-order valence-corrected chi connectivity index (χ4v) is 4.85. The summed E-state index contributed by atoms with van der Waals surface area (Å²) < 4.78 is 0. The van der Waals surface area contributed by atoms with Crippen molar-refractivity contribution in [3.63, 3.8) is 0 Å². The molecule has 28 heavy (non-hydrogen) atoms. The molecule has 2 heterocycles. The molecule has 0 radical (unpaired) electrons. The molecule has 2 aromatic carbocycles. The van der Waals surface area contributed by atoms with E-state index >= 15 is 0 Å². The summed E-state index contributed by atoms with van der Waals surface area (Å²) >= 11 is 6.09. The van der Waals surface area contributed by atoms with Crippen molar-refractivity contribution < 1.29 is 4.79 Å². The number of aromatic nitrogens is 1. The van der Waals surface area contributed by atoms with Gasteiger partial charge in [-0.1, -0.05) is 48.0 Å². The third-order valence-electron chi connectivity index (χ3n) is 6.15. The first kappa shape index (κ1) is 17.6. The number of aromatic amines is 1. The number of carbonyl (C=O) groups excluding carboxylic acids is 1. The minimum absolute atomic E-state index is 0.291. The van der Waals surface area contributed by atoms with E-state index in [1.165, 1.54) is 27.6 Å². The highest BCUT2D eigenvalue weighted by atomic mass is 35.5. The summed E-state index contributed by atoms with van der Waals surface area (Å²) in [7, 11) is 0. The van der Waals surface area contributed by atoms with E-state index in [0.717, 1.165) is 36.3 Å². The highest BCUT2D eigenvalue weighted by Crippen LogP contribution is 2.32. The summed E-state index contributed by atoms with van der Waals surface area (Å²) in [6, 6.07) is 14.5. The smallest absolute Gasteiger partial charge is 0.223 e. The largest absolute Gasteiger partial charge is 0.361 e. The zero-order valence-corrected chi connectivity index (χ0v) is 16.5. The minimum Gasteiger partial charge on any atom is -0.361 e. The molecule has 142 valence electrons. The maximum absolute atomic E-state index is 12.8. The van der Waals surface area contributed by atoms with Crippen LogP contribution in [0.5, 0.6) is 0 Å². The highest BCUT2D eigenvalue weighted by Gasteiger charge is 2.26. The van der Waals surface area contributed by atoms with Gasteiger partial charge in [-0.15, -0.1) is 0 Å². The maximum Gasteiger partial charge on any atom is 0.223 e. The van der Waals surface area contributed by atoms with Gasteiger partial charge in [-0.3, -0.25) is 4.79 Å². The van der Waals surface area contributed by atoms with E-state index in [0.29, 0.717) is 24.8 Å². The molecule has 0 spiro atoms. The lowest BCUT2D eigenvalue weighted by Gasteiger charge is -2.27. The van der Waals surface area contributed by atoms with E-state index in [1.807, 2.05) is 17.0 Å². The van der Waals surface area contributed by atoms with Gasteiger partial charge in [0.05, 0.1) is 0 Å². The van der Waals surface area contributed by atoms with Crippen LogP contribution in [-0.4, -0.2) is 28.9 Å². The zero-order chi connectivity index (χ0) is 19.1. The highest BCUT2D eigenvalue weighted by molar-refractivity contribution is 6.31. The van der Waals surface area contributed by atoms with E-state index in [-0.39, 0.29) is 0 Å². The Balaban J connectivity index is 1.25. The molecule has 0 atom stereocenters. The fraction of sp³-hybridized carbons (Fsp3) is 0.292. The van der Waals surface area contributed by atoms with Gasteiger partial charge in [0.15, 0.2) is 0 Å². The van der Waals surface area contributed by atoms with Crippen LogP contribution in [0.15, 0.2) is 54.7 Å². The molecular weight excluding hydrogens is 368 g/mol. The van der Waals surface area contributed by atoms with Crippen LogP contribution in [-0.2, 0) is 17.6 Å². The van der Waals surface area contributed by atoms with Gasteiger partial charge in [0.25, 0.3) is 0 Å². The normalized spacial score (nSPS) is 17.0. The average Bonchev–Trinajstić information content (AvgIpc) is 3.31. The number of fused-ring (bicyclic) bond motifs is 2. The fourth-order valence-electron chi connectivity index (χ4n) is 4.67. The molecule has 1 N–H and O–H groups in total. The second-order valence-electron chi connectivity index (χ2n) is 7.96. The number of hydrogen-bond donors (Lipinski definition) is 1. The molecule has 0 unspecified atom stereocenters.